The van der Waals surface area contributed by atoms with Crippen LogP contribution in [0, 0.1) is 17.8 Å². The van der Waals surface area contributed by atoms with Gasteiger partial charge in [0.2, 0.25) is 0 Å². The molecule has 3 unspecified atom stereocenters. The molecule has 4 heteroatoms. The van der Waals surface area contributed by atoms with Crippen molar-refractivity contribution in [3.8, 4) is 0 Å². The van der Waals surface area contributed by atoms with E-state index in [4.69, 9.17) is 4.74 Å². The van der Waals surface area contributed by atoms with Crippen molar-refractivity contribution in [1.82, 2.24) is 10.2 Å². The third kappa shape index (κ3) is 3.11. The Morgan fingerprint density at radius 2 is 2.00 bits per heavy atom. The first-order valence-corrected chi connectivity index (χ1v) is 8.41. The number of hydrogen-bond acceptors (Lipinski definition) is 3. The van der Waals surface area contributed by atoms with Gasteiger partial charge in [-0.15, -0.1) is 0 Å². The SMILES string of the molecule is CCOC(=O)N1CCC(NCC2CC3CCC2C3)CC1. The number of hydrogen-bond donors (Lipinski definition) is 1. The van der Waals surface area contributed by atoms with Crippen LogP contribution in [0.5, 0.6) is 0 Å². The van der Waals surface area contributed by atoms with E-state index in [1.165, 1.54) is 32.2 Å². The van der Waals surface area contributed by atoms with Crippen LogP contribution in [-0.2, 0) is 4.74 Å². The van der Waals surface area contributed by atoms with Gasteiger partial charge < -0.3 is 15.0 Å². The highest BCUT2D eigenvalue weighted by Gasteiger charge is 2.39. The minimum Gasteiger partial charge on any atom is -0.450 e. The monoisotopic (exact) mass is 280 g/mol. The minimum atomic E-state index is -0.140. The zero-order valence-corrected chi connectivity index (χ0v) is 12.6. The molecule has 114 valence electrons. The number of fused-ring (bicyclic) bond motifs is 2. The Morgan fingerprint density at radius 3 is 2.60 bits per heavy atom. The van der Waals surface area contributed by atoms with E-state index in [0.717, 1.165) is 43.7 Å². The Morgan fingerprint density at radius 1 is 1.20 bits per heavy atom. The van der Waals surface area contributed by atoms with Crippen molar-refractivity contribution < 1.29 is 9.53 Å². The molecular weight excluding hydrogens is 252 g/mol. The summed E-state index contributed by atoms with van der Waals surface area (Å²) in [4.78, 5) is 13.5. The van der Waals surface area contributed by atoms with Gasteiger partial charge in [-0.3, -0.25) is 0 Å². The second-order valence-corrected chi connectivity index (χ2v) is 6.80. The van der Waals surface area contributed by atoms with Gasteiger partial charge in [-0.05, 0) is 63.3 Å². The Balaban J connectivity index is 1.35. The molecule has 0 radical (unpaired) electrons. The van der Waals surface area contributed by atoms with E-state index in [1.54, 1.807) is 0 Å². The van der Waals surface area contributed by atoms with Gasteiger partial charge >= 0.3 is 6.09 Å². The van der Waals surface area contributed by atoms with E-state index in [2.05, 4.69) is 5.32 Å². The Hall–Kier alpha value is -0.770. The highest BCUT2D eigenvalue weighted by Crippen LogP contribution is 2.47. The van der Waals surface area contributed by atoms with E-state index in [1.807, 2.05) is 11.8 Å². The zero-order valence-electron chi connectivity index (χ0n) is 12.6. The molecule has 3 rings (SSSR count). The third-order valence-corrected chi connectivity index (χ3v) is 5.57. The van der Waals surface area contributed by atoms with Crippen molar-refractivity contribution in [3.63, 3.8) is 0 Å². The van der Waals surface area contributed by atoms with Crippen LogP contribution >= 0.6 is 0 Å². The predicted molar refractivity (Wildman–Crippen MR) is 78.6 cm³/mol. The van der Waals surface area contributed by atoms with Gasteiger partial charge in [-0.1, -0.05) is 6.42 Å². The van der Waals surface area contributed by atoms with Crippen LogP contribution in [0.3, 0.4) is 0 Å². The molecule has 0 aromatic rings. The molecule has 0 aromatic heterocycles. The first kappa shape index (κ1) is 14.2. The van der Waals surface area contributed by atoms with Gasteiger partial charge in [-0.2, -0.15) is 0 Å². The lowest BCUT2D eigenvalue weighted by molar-refractivity contribution is 0.0945. The number of carbonyl (C=O) groups is 1. The Bertz CT molecular complexity index is 339. The summed E-state index contributed by atoms with van der Waals surface area (Å²) < 4.78 is 5.06. The number of ether oxygens (including phenoxy) is 1. The number of amides is 1. The molecule has 3 fully saturated rings. The normalized spacial score (nSPS) is 33.6. The summed E-state index contributed by atoms with van der Waals surface area (Å²) in [6, 6.07) is 0.597. The molecule has 1 amide bonds. The molecule has 3 atom stereocenters. The number of piperidine rings is 1. The average molecular weight is 280 g/mol. The molecule has 2 aliphatic carbocycles. The van der Waals surface area contributed by atoms with Gasteiger partial charge in [0.05, 0.1) is 6.61 Å². The highest BCUT2D eigenvalue weighted by atomic mass is 16.6. The quantitative estimate of drug-likeness (QED) is 0.860. The van der Waals surface area contributed by atoms with E-state index >= 15 is 0 Å². The van der Waals surface area contributed by atoms with Crippen LogP contribution in [0.15, 0.2) is 0 Å². The summed E-state index contributed by atoms with van der Waals surface area (Å²) in [7, 11) is 0. The molecular formula is C16H28N2O2. The lowest BCUT2D eigenvalue weighted by Gasteiger charge is -2.33. The fourth-order valence-corrected chi connectivity index (χ4v) is 4.43. The smallest absolute Gasteiger partial charge is 0.409 e. The predicted octanol–water partition coefficient (Wildman–Crippen LogP) is 2.63. The maximum absolute atomic E-state index is 11.6. The lowest BCUT2D eigenvalue weighted by Crippen LogP contribution is -2.46. The van der Waals surface area contributed by atoms with Crippen molar-refractivity contribution in [3.05, 3.63) is 0 Å². The second-order valence-electron chi connectivity index (χ2n) is 6.80. The van der Waals surface area contributed by atoms with Crippen molar-refractivity contribution >= 4 is 6.09 Å². The molecule has 0 aromatic carbocycles. The van der Waals surface area contributed by atoms with Crippen molar-refractivity contribution in [2.75, 3.05) is 26.2 Å². The molecule has 20 heavy (non-hydrogen) atoms. The maximum atomic E-state index is 11.6. The lowest BCUT2D eigenvalue weighted by atomic mass is 9.88. The summed E-state index contributed by atoms with van der Waals surface area (Å²) in [5, 5.41) is 3.76. The first-order valence-electron chi connectivity index (χ1n) is 8.41. The van der Waals surface area contributed by atoms with Crippen molar-refractivity contribution in [1.29, 1.82) is 0 Å². The fraction of sp³-hybridized carbons (Fsp3) is 0.938. The first-order chi connectivity index (χ1) is 9.76. The van der Waals surface area contributed by atoms with E-state index < -0.39 is 0 Å². The van der Waals surface area contributed by atoms with Crippen LogP contribution in [0.1, 0.15) is 45.4 Å². The Kier molecular flexibility index (Phi) is 4.49. The molecule has 0 spiro atoms. The number of rotatable bonds is 4. The van der Waals surface area contributed by atoms with Crippen LogP contribution in [-0.4, -0.2) is 43.3 Å². The van der Waals surface area contributed by atoms with Gasteiger partial charge in [0.1, 0.15) is 0 Å². The second kappa shape index (κ2) is 6.33. The fourth-order valence-electron chi connectivity index (χ4n) is 4.43. The van der Waals surface area contributed by atoms with Crippen LogP contribution in [0.2, 0.25) is 0 Å². The van der Waals surface area contributed by atoms with Crippen LogP contribution in [0.25, 0.3) is 0 Å². The summed E-state index contributed by atoms with van der Waals surface area (Å²) in [6.07, 6.45) is 7.91. The third-order valence-electron chi connectivity index (χ3n) is 5.57. The van der Waals surface area contributed by atoms with Crippen molar-refractivity contribution in [2.45, 2.75) is 51.5 Å². The standard InChI is InChI=1S/C16H28N2O2/c1-2-20-16(19)18-7-5-15(6-8-18)17-11-14-10-12-3-4-13(14)9-12/h12-15,17H,2-11H2,1H3. The van der Waals surface area contributed by atoms with E-state index in [-0.39, 0.29) is 6.09 Å². The van der Waals surface area contributed by atoms with Gasteiger partial charge in [0, 0.05) is 19.1 Å². The zero-order chi connectivity index (χ0) is 13.9. The molecule has 1 N–H and O–H groups in total. The molecule has 1 saturated heterocycles. The van der Waals surface area contributed by atoms with E-state index in [9.17, 15) is 4.79 Å². The molecule has 3 aliphatic rings. The van der Waals surface area contributed by atoms with Crippen LogP contribution in [0.4, 0.5) is 4.79 Å². The summed E-state index contributed by atoms with van der Waals surface area (Å²) in [6.45, 7) is 5.22. The molecule has 1 heterocycles. The summed E-state index contributed by atoms with van der Waals surface area (Å²) >= 11 is 0. The van der Waals surface area contributed by atoms with Crippen molar-refractivity contribution in [2.24, 2.45) is 17.8 Å². The number of nitrogens with one attached hydrogen (secondary N) is 1. The number of carbonyl (C=O) groups excluding carboxylic acids is 1. The minimum absolute atomic E-state index is 0.140. The average Bonchev–Trinajstić information content (AvgIpc) is 3.08. The van der Waals surface area contributed by atoms with E-state index in [0.29, 0.717) is 12.6 Å². The van der Waals surface area contributed by atoms with Gasteiger partial charge in [0.25, 0.3) is 0 Å². The highest BCUT2D eigenvalue weighted by molar-refractivity contribution is 5.67. The van der Waals surface area contributed by atoms with Gasteiger partial charge in [0.15, 0.2) is 0 Å². The molecule has 1 aliphatic heterocycles. The summed E-state index contributed by atoms with van der Waals surface area (Å²) in [5.41, 5.74) is 0. The maximum Gasteiger partial charge on any atom is 0.409 e. The largest absolute Gasteiger partial charge is 0.450 e. The topological polar surface area (TPSA) is 41.6 Å². The number of likely N-dealkylation sites (tertiary alicyclic amines) is 1. The molecule has 2 bridgehead atoms. The van der Waals surface area contributed by atoms with Gasteiger partial charge in [-0.25, -0.2) is 4.79 Å². The molecule has 2 saturated carbocycles. The van der Waals surface area contributed by atoms with Crippen LogP contribution < -0.4 is 5.32 Å². The molecule has 4 nitrogen and oxygen atoms in total. The Labute approximate surface area is 122 Å². The number of nitrogens with zero attached hydrogens (tertiary/aromatic N) is 1. The summed E-state index contributed by atoms with van der Waals surface area (Å²) in [5.74, 6) is 2.97.